The van der Waals surface area contributed by atoms with Crippen LogP contribution in [-0.2, 0) is 4.74 Å². The standard InChI is InChI=1S/C25H26N2O2/c1-19-12-11-17-22(18-19)27(24(28)29-25(2,3)4)26-23(20-13-7-5-8-14-20)21-15-9-6-10-16-21/h5-18H,1-4H3. The van der Waals surface area contributed by atoms with E-state index in [4.69, 9.17) is 9.84 Å². The quantitative estimate of drug-likeness (QED) is 0.396. The summed E-state index contributed by atoms with van der Waals surface area (Å²) in [6.45, 7) is 7.52. The van der Waals surface area contributed by atoms with Crippen LogP contribution in [0.4, 0.5) is 10.5 Å². The molecule has 1 amide bonds. The Morgan fingerprint density at radius 3 is 1.86 bits per heavy atom. The lowest BCUT2D eigenvalue weighted by Gasteiger charge is -2.25. The van der Waals surface area contributed by atoms with Crippen LogP contribution in [0.5, 0.6) is 0 Å². The van der Waals surface area contributed by atoms with Crippen molar-refractivity contribution < 1.29 is 9.53 Å². The van der Waals surface area contributed by atoms with Crippen molar-refractivity contribution in [3.63, 3.8) is 0 Å². The Morgan fingerprint density at radius 2 is 1.38 bits per heavy atom. The number of aryl methyl sites for hydroxylation is 1. The van der Waals surface area contributed by atoms with Crippen LogP contribution in [0.25, 0.3) is 0 Å². The highest BCUT2D eigenvalue weighted by molar-refractivity contribution is 6.14. The van der Waals surface area contributed by atoms with Crippen molar-refractivity contribution in [1.29, 1.82) is 0 Å². The molecule has 0 aliphatic heterocycles. The van der Waals surface area contributed by atoms with E-state index in [1.54, 1.807) is 0 Å². The Hall–Kier alpha value is -3.40. The molecule has 0 saturated carbocycles. The van der Waals surface area contributed by atoms with Gasteiger partial charge in [0.05, 0.1) is 11.4 Å². The highest BCUT2D eigenvalue weighted by atomic mass is 16.6. The molecule has 0 atom stereocenters. The number of ether oxygens (including phenoxy) is 1. The molecular formula is C25H26N2O2. The zero-order valence-electron chi connectivity index (χ0n) is 17.3. The van der Waals surface area contributed by atoms with Gasteiger partial charge in [-0.15, -0.1) is 0 Å². The third-order valence-electron chi connectivity index (χ3n) is 4.11. The smallest absolute Gasteiger partial charge is 0.435 e. The van der Waals surface area contributed by atoms with E-state index in [2.05, 4.69) is 0 Å². The van der Waals surface area contributed by atoms with Crippen LogP contribution in [0.15, 0.2) is 90.0 Å². The first kappa shape index (κ1) is 20.3. The fraction of sp³-hybridized carbons (Fsp3) is 0.200. The minimum Gasteiger partial charge on any atom is -0.442 e. The second kappa shape index (κ2) is 8.74. The largest absolute Gasteiger partial charge is 0.442 e. The topological polar surface area (TPSA) is 41.9 Å². The zero-order chi connectivity index (χ0) is 20.9. The summed E-state index contributed by atoms with van der Waals surface area (Å²) < 4.78 is 5.65. The fourth-order valence-corrected chi connectivity index (χ4v) is 2.84. The fourth-order valence-electron chi connectivity index (χ4n) is 2.84. The van der Waals surface area contributed by atoms with E-state index in [1.807, 2.05) is 113 Å². The number of carbonyl (C=O) groups is 1. The monoisotopic (exact) mass is 386 g/mol. The first-order valence-electron chi connectivity index (χ1n) is 9.63. The van der Waals surface area contributed by atoms with Gasteiger partial charge in [-0.1, -0.05) is 72.8 Å². The lowest BCUT2D eigenvalue weighted by Crippen LogP contribution is -2.34. The molecule has 4 heteroatoms. The number of nitrogens with zero attached hydrogens (tertiary/aromatic N) is 2. The average molecular weight is 386 g/mol. The van der Waals surface area contributed by atoms with Crippen molar-refractivity contribution in [1.82, 2.24) is 0 Å². The molecule has 4 nitrogen and oxygen atoms in total. The van der Waals surface area contributed by atoms with Gasteiger partial charge in [-0.3, -0.25) is 0 Å². The van der Waals surface area contributed by atoms with Crippen LogP contribution in [-0.4, -0.2) is 17.4 Å². The highest BCUT2D eigenvalue weighted by Crippen LogP contribution is 2.22. The molecule has 29 heavy (non-hydrogen) atoms. The van der Waals surface area contributed by atoms with Crippen molar-refractivity contribution in [3.8, 4) is 0 Å². The van der Waals surface area contributed by atoms with Crippen LogP contribution < -0.4 is 5.01 Å². The number of carbonyl (C=O) groups excluding carboxylic acids is 1. The zero-order valence-corrected chi connectivity index (χ0v) is 17.3. The lowest BCUT2D eigenvalue weighted by atomic mass is 10.0. The number of anilines is 1. The Balaban J connectivity index is 2.15. The Labute approximate surface area is 172 Å². The minimum atomic E-state index is -0.631. The molecule has 0 aliphatic rings. The van der Waals surface area contributed by atoms with Gasteiger partial charge in [0.1, 0.15) is 5.60 Å². The third kappa shape index (κ3) is 5.55. The van der Waals surface area contributed by atoms with Crippen LogP contribution in [0.1, 0.15) is 37.5 Å². The van der Waals surface area contributed by atoms with Gasteiger partial charge in [0.2, 0.25) is 0 Å². The Kier molecular flexibility index (Phi) is 6.13. The normalized spacial score (nSPS) is 10.9. The van der Waals surface area contributed by atoms with Crippen molar-refractivity contribution in [3.05, 3.63) is 102 Å². The molecular weight excluding hydrogens is 360 g/mol. The molecule has 0 heterocycles. The summed E-state index contributed by atoms with van der Waals surface area (Å²) in [7, 11) is 0. The maximum atomic E-state index is 13.1. The van der Waals surface area contributed by atoms with Gasteiger partial charge in [0, 0.05) is 11.1 Å². The molecule has 0 aliphatic carbocycles. The molecule has 0 aromatic heterocycles. The van der Waals surface area contributed by atoms with Gasteiger partial charge in [-0.25, -0.2) is 4.79 Å². The SMILES string of the molecule is Cc1cccc(N(N=C(c2ccccc2)c2ccccc2)C(=O)OC(C)(C)C)c1. The second-order valence-corrected chi connectivity index (χ2v) is 7.81. The maximum Gasteiger partial charge on any atom is 0.435 e. The summed E-state index contributed by atoms with van der Waals surface area (Å²) in [5, 5.41) is 6.13. The summed E-state index contributed by atoms with van der Waals surface area (Å²) in [5.41, 5.74) is 3.59. The predicted molar refractivity (Wildman–Crippen MR) is 118 cm³/mol. The van der Waals surface area contributed by atoms with E-state index in [0.29, 0.717) is 11.4 Å². The van der Waals surface area contributed by atoms with Gasteiger partial charge >= 0.3 is 6.09 Å². The number of hydrogen-bond donors (Lipinski definition) is 0. The highest BCUT2D eigenvalue weighted by Gasteiger charge is 2.24. The van der Waals surface area contributed by atoms with Crippen LogP contribution in [0.3, 0.4) is 0 Å². The van der Waals surface area contributed by atoms with E-state index in [0.717, 1.165) is 16.7 Å². The molecule has 148 valence electrons. The van der Waals surface area contributed by atoms with E-state index in [1.165, 1.54) is 5.01 Å². The lowest BCUT2D eigenvalue weighted by molar-refractivity contribution is 0.0581. The molecule has 0 spiro atoms. The van der Waals surface area contributed by atoms with E-state index in [9.17, 15) is 4.79 Å². The molecule has 0 unspecified atom stereocenters. The van der Waals surface area contributed by atoms with E-state index < -0.39 is 11.7 Å². The van der Waals surface area contributed by atoms with Gasteiger partial charge < -0.3 is 4.74 Å². The Morgan fingerprint density at radius 1 is 0.828 bits per heavy atom. The van der Waals surface area contributed by atoms with Crippen molar-refractivity contribution in [2.24, 2.45) is 5.10 Å². The molecule has 0 saturated heterocycles. The maximum absolute atomic E-state index is 13.1. The average Bonchev–Trinajstić information content (AvgIpc) is 2.68. The number of hydrogen-bond acceptors (Lipinski definition) is 3. The molecule has 0 fully saturated rings. The van der Waals surface area contributed by atoms with Crippen LogP contribution >= 0.6 is 0 Å². The minimum absolute atomic E-state index is 0.521. The first-order valence-corrected chi connectivity index (χ1v) is 9.63. The summed E-state index contributed by atoms with van der Waals surface area (Å²) in [5.74, 6) is 0. The molecule has 3 rings (SSSR count). The van der Waals surface area contributed by atoms with Gasteiger partial charge in [0.25, 0.3) is 0 Å². The molecule has 0 radical (unpaired) electrons. The number of amides is 1. The summed E-state index contributed by atoms with van der Waals surface area (Å²) in [4.78, 5) is 13.1. The summed E-state index contributed by atoms with van der Waals surface area (Å²) >= 11 is 0. The molecule has 3 aromatic rings. The molecule has 3 aromatic carbocycles. The number of benzene rings is 3. The summed E-state index contributed by atoms with van der Waals surface area (Å²) in [6, 6.07) is 27.3. The van der Waals surface area contributed by atoms with E-state index in [-0.39, 0.29) is 0 Å². The molecule has 0 N–H and O–H groups in total. The van der Waals surface area contributed by atoms with E-state index >= 15 is 0 Å². The number of hydrazone groups is 1. The van der Waals surface area contributed by atoms with Gasteiger partial charge in [0.15, 0.2) is 0 Å². The summed E-state index contributed by atoms with van der Waals surface area (Å²) in [6.07, 6.45) is -0.521. The van der Waals surface area contributed by atoms with Crippen molar-refractivity contribution in [2.45, 2.75) is 33.3 Å². The van der Waals surface area contributed by atoms with Gasteiger partial charge in [-0.05, 0) is 45.4 Å². The van der Waals surface area contributed by atoms with Gasteiger partial charge in [-0.2, -0.15) is 10.1 Å². The third-order valence-corrected chi connectivity index (χ3v) is 4.11. The predicted octanol–water partition coefficient (Wildman–Crippen LogP) is 6.19. The van der Waals surface area contributed by atoms with Crippen molar-refractivity contribution in [2.75, 3.05) is 5.01 Å². The second-order valence-electron chi connectivity index (χ2n) is 7.81. The number of rotatable bonds is 4. The first-order chi connectivity index (χ1) is 13.8. The molecule has 0 bridgehead atoms. The van der Waals surface area contributed by atoms with Crippen LogP contribution in [0.2, 0.25) is 0 Å². The Bertz CT molecular complexity index is 949. The van der Waals surface area contributed by atoms with Crippen molar-refractivity contribution >= 4 is 17.5 Å². The van der Waals surface area contributed by atoms with Crippen LogP contribution in [0, 0.1) is 6.92 Å².